The van der Waals surface area contributed by atoms with Crippen molar-refractivity contribution in [3.63, 3.8) is 0 Å². The van der Waals surface area contributed by atoms with Crippen molar-refractivity contribution in [2.24, 2.45) is 11.7 Å². The molecule has 112 valence electrons. The molecule has 2 unspecified atom stereocenters. The van der Waals surface area contributed by atoms with Gasteiger partial charge in [0, 0.05) is 18.6 Å². The number of rotatable bonds is 7. The quantitative estimate of drug-likeness (QED) is 0.831. The summed E-state index contributed by atoms with van der Waals surface area (Å²) in [5.41, 5.74) is 7.66. The van der Waals surface area contributed by atoms with Gasteiger partial charge in [0.15, 0.2) is 0 Å². The second kappa shape index (κ2) is 7.09. The minimum absolute atomic E-state index is 0.159. The van der Waals surface area contributed by atoms with Crippen LogP contribution >= 0.6 is 0 Å². The number of methoxy groups -OCH3 is 1. The predicted octanol–water partition coefficient (Wildman–Crippen LogP) is 3.21. The minimum atomic E-state index is 0.159. The SMILES string of the molecule is CCC(N)C(c1cccc(OC)c1)N(C)CC1CCC1. The summed E-state index contributed by atoms with van der Waals surface area (Å²) in [6, 6.07) is 8.77. The van der Waals surface area contributed by atoms with Crippen LogP contribution in [0, 0.1) is 5.92 Å². The lowest BCUT2D eigenvalue weighted by Crippen LogP contribution is -2.41. The first-order chi connectivity index (χ1) is 9.65. The normalized spacial score (nSPS) is 18.6. The van der Waals surface area contributed by atoms with Gasteiger partial charge in [-0.15, -0.1) is 0 Å². The number of nitrogens with two attached hydrogens (primary N) is 1. The molecule has 1 aliphatic rings. The lowest BCUT2D eigenvalue weighted by Gasteiger charge is -2.37. The van der Waals surface area contributed by atoms with E-state index in [1.54, 1.807) is 7.11 Å². The van der Waals surface area contributed by atoms with E-state index >= 15 is 0 Å². The van der Waals surface area contributed by atoms with Gasteiger partial charge in [0.2, 0.25) is 0 Å². The first-order valence-electron chi connectivity index (χ1n) is 7.75. The van der Waals surface area contributed by atoms with Gasteiger partial charge < -0.3 is 10.5 Å². The maximum Gasteiger partial charge on any atom is 0.119 e. The van der Waals surface area contributed by atoms with E-state index in [4.69, 9.17) is 10.5 Å². The van der Waals surface area contributed by atoms with E-state index in [-0.39, 0.29) is 12.1 Å². The molecular formula is C17H28N2O. The highest BCUT2D eigenvalue weighted by molar-refractivity contribution is 5.31. The first-order valence-corrected chi connectivity index (χ1v) is 7.75. The summed E-state index contributed by atoms with van der Waals surface area (Å²) in [6.07, 6.45) is 5.12. The van der Waals surface area contributed by atoms with E-state index in [1.165, 1.54) is 24.8 Å². The highest BCUT2D eigenvalue weighted by Gasteiger charge is 2.27. The average molecular weight is 276 g/mol. The molecule has 0 bridgehead atoms. The molecular weight excluding hydrogens is 248 g/mol. The van der Waals surface area contributed by atoms with Crippen molar-refractivity contribution < 1.29 is 4.74 Å². The van der Waals surface area contributed by atoms with Gasteiger partial charge in [-0.05, 0) is 49.9 Å². The topological polar surface area (TPSA) is 38.5 Å². The third-order valence-corrected chi connectivity index (χ3v) is 4.56. The van der Waals surface area contributed by atoms with Crippen LogP contribution in [0.3, 0.4) is 0 Å². The Morgan fingerprint density at radius 2 is 2.15 bits per heavy atom. The molecule has 1 fully saturated rings. The van der Waals surface area contributed by atoms with Gasteiger partial charge in [0.1, 0.15) is 5.75 Å². The second-order valence-corrected chi connectivity index (χ2v) is 6.03. The Hall–Kier alpha value is -1.06. The standard InChI is InChI=1S/C17H28N2O/c1-4-16(18)17(19(2)12-13-7-5-8-13)14-9-6-10-15(11-14)20-3/h6,9-11,13,16-17H,4-5,7-8,12,18H2,1-3H3. The fourth-order valence-corrected chi connectivity index (χ4v) is 3.07. The molecule has 1 aromatic carbocycles. The van der Waals surface area contributed by atoms with Crippen LogP contribution in [-0.2, 0) is 0 Å². The molecule has 3 heteroatoms. The highest BCUT2D eigenvalue weighted by Crippen LogP contribution is 2.32. The van der Waals surface area contributed by atoms with E-state index in [9.17, 15) is 0 Å². The Kier molecular flexibility index (Phi) is 5.44. The van der Waals surface area contributed by atoms with Crippen LogP contribution < -0.4 is 10.5 Å². The van der Waals surface area contributed by atoms with Gasteiger partial charge in [-0.3, -0.25) is 4.90 Å². The lowest BCUT2D eigenvalue weighted by atomic mass is 9.84. The minimum Gasteiger partial charge on any atom is -0.497 e. The third-order valence-electron chi connectivity index (χ3n) is 4.56. The zero-order chi connectivity index (χ0) is 14.5. The number of hydrogen-bond donors (Lipinski definition) is 1. The van der Waals surface area contributed by atoms with Crippen LogP contribution in [0.1, 0.15) is 44.2 Å². The molecule has 0 saturated heterocycles. The van der Waals surface area contributed by atoms with E-state index in [0.717, 1.165) is 24.6 Å². The Morgan fingerprint density at radius 1 is 1.40 bits per heavy atom. The van der Waals surface area contributed by atoms with Crippen LogP contribution in [0.2, 0.25) is 0 Å². The second-order valence-electron chi connectivity index (χ2n) is 6.03. The van der Waals surface area contributed by atoms with Crippen LogP contribution in [0.15, 0.2) is 24.3 Å². The van der Waals surface area contributed by atoms with Crippen molar-refractivity contribution in [2.75, 3.05) is 20.7 Å². The summed E-state index contributed by atoms with van der Waals surface area (Å²) >= 11 is 0. The molecule has 20 heavy (non-hydrogen) atoms. The van der Waals surface area contributed by atoms with Gasteiger partial charge in [-0.25, -0.2) is 0 Å². The van der Waals surface area contributed by atoms with Gasteiger partial charge in [0.05, 0.1) is 7.11 Å². The van der Waals surface area contributed by atoms with Crippen LogP contribution in [-0.4, -0.2) is 31.6 Å². The van der Waals surface area contributed by atoms with Crippen LogP contribution in [0.25, 0.3) is 0 Å². The van der Waals surface area contributed by atoms with Crippen molar-refractivity contribution >= 4 is 0 Å². The lowest BCUT2D eigenvalue weighted by molar-refractivity contribution is 0.144. The molecule has 0 aromatic heterocycles. The molecule has 1 aromatic rings. The molecule has 2 atom stereocenters. The van der Waals surface area contributed by atoms with Gasteiger partial charge in [0.25, 0.3) is 0 Å². The summed E-state index contributed by atoms with van der Waals surface area (Å²) in [5.74, 6) is 1.77. The van der Waals surface area contributed by atoms with E-state index < -0.39 is 0 Å². The van der Waals surface area contributed by atoms with Crippen LogP contribution in [0.5, 0.6) is 5.75 Å². The van der Waals surface area contributed by atoms with Crippen molar-refractivity contribution in [3.8, 4) is 5.75 Å². The molecule has 0 spiro atoms. The van der Waals surface area contributed by atoms with Gasteiger partial charge >= 0.3 is 0 Å². The molecule has 0 heterocycles. The van der Waals surface area contributed by atoms with Crippen molar-refractivity contribution in [1.29, 1.82) is 0 Å². The molecule has 0 aliphatic heterocycles. The van der Waals surface area contributed by atoms with Crippen molar-refractivity contribution in [3.05, 3.63) is 29.8 Å². The number of benzene rings is 1. The Morgan fingerprint density at radius 3 is 2.70 bits per heavy atom. The molecule has 1 aliphatic carbocycles. The molecule has 0 radical (unpaired) electrons. The predicted molar refractivity (Wildman–Crippen MR) is 84.0 cm³/mol. The van der Waals surface area contributed by atoms with Crippen LogP contribution in [0.4, 0.5) is 0 Å². The van der Waals surface area contributed by atoms with Crippen molar-refractivity contribution in [2.45, 2.75) is 44.7 Å². The number of hydrogen-bond acceptors (Lipinski definition) is 3. The number of ether oxygens (including phenoxy) is 1. The molecule has 2 rings (SSSR count). The maximum atomic E-state index is 6.39. The largest absolute Gasteiger partial charge is 0.497 e. The Balaban J connectivity index is 2.16. The zero-order valence-electron chi connectivity index (χ0n) is 13.0. The summed E-state index contributed by atoms with van der Waals surface area (Å²) in [5, 5.41) is 0. The fourth-order valence-electron chi connectivity index (χ4n) is 3.07. The zero-order valence-corrected chi connectivity index (χ0v) is 13.0. The average Bonchev–Trinajstić information content (AvgIpc) is 2.43. The molecule has 1 saturated carbocycles. The molecule has 2 N–H and O–H groups in total. The summed E-state index contributed by atoms with van der Waals surface area (Å²) < 4.78 is 5.35. The fraction of sp³-hybridized carbons (Fsp3) is 0.647. The van der Waals surface area contributed by atoms with Gasteiger partial charge in [-0.2, -0.15) is 0 Å². The highest BCUT2D eigenvalue weighted by atomic mass is 16.5. The Bertz CT molecular complexity index is 417. The summed E-state index contributed by atoms with van der Waals surface area (Å²) in [7, 11) is 3.92. The van der Waals surface area contributed by atoms with E-state index in [0.29, 0.717) is 0 Å². The van der Waals surface area contributed by atoms with E-state index in [2.05, 4.69) is 37.1 Å². The smallest absolute Gasteiger partial charge is 0.119 e. The first kappa shape index (κ1) is 15.3. The molecule has 3 nitrogen and oxygen atoms in total. The van der Waals surface area contributed by atoms with Crippen molar-refractivity contribution in [1.82, 2.24) is 4.90 Å². The van der Waals surface area contributed by atoms with Gasteiger partial charge in [-0.1, -0.05) is 25.5 Å². The molecule has 0 amide bonds. The summed E-state index contributed by atoms with van der Waals surface area (Å²) in [6.45, 7) is 3.31. The van der Waals surface area contributed by atoms with E-state index in [1.807, 2.05) is 6.07 Å². The monoisotopic (exact) mass is 276 g/mol. The number of likely N-dealkylation sites (N-methyl/N-ethyl adjacent to an activating group) is 1. The maximum absolute atomic E-state index is 6.39. The Labute approximate surface area is 123 Å². The summed E-state index contributed by atoms with van der Waals surface area (Å²) in [4.78, 5) is 2.44. The number of nitrogens with zero attached hydrogens (tertiary/aromatic N) is 1. The third kappa shape index (κ3) is 3.53.